The van der Waals surface area contributed by atoms with E-state index < -0.39 is 0 Å². The molecular formula is C10H18N2O2. The predicted molar refractivity (Wildman–Crippen MR) is 53.0 cm³/mol. The van der Waals surface area contributed by atoms with E-state index in [0.717, 1.165) is 39.0 Å². The fourth-order valence-electron chi connectivity index (χ4n) is 2.24. The van der Waals surface area contributed by atoms with Gasteiger partial charge in [-0.1, -0.05) is 0 Å². The van der Waals surface area contributed by atoms with E-state index in [1.54, 1.807) is 7.11 Å². The minimum Gasteiger partial charge on any atom is -0.380 e. The monoisotopic (exact) mass is 198 g/mol. The van der Waals surface area contributed by atoms with E-state index in [1.165, 1.54) is 0 Å². The van der Waals surface area contributed by atoms with Crippen LogP contribution in [0.2, 0.25) is 0 Å². The summed E-state index contributed by atoms with van der Waals surface area (Å²) in [5.74, 6) is 0.528. The van der Waals surface area contributed by atoms with E-state index in [0.29, 0.717) is 5.91 Å². The first-order chi connectivity index (χ1) is 6.81. The molecule has 2 aliphatic heterocycles. The Bertz CT molecular complexity index is 214. The van der Waals surface area contributed by atoms with Crippen LogP contribution in [-0.4, -0.2) is 50.2 Å². The fourth-order valence-corrected chi connectivity index (χ4v) is 2.24. The minimum atomic E-state index is 0.214. The van der Waals surface area contributed by atoms with E-state index in [-0.39, 0.29) is 12.0 Å². The van der Waals surface area contributed by atoms with Gasteiger partial charge in [0.1, 0.15) is 0 Å². The summed E-state index contributed by atoms with van der Waals surface area (Å²) in [6.45, 7) is 3.49. The van der Waals surface area contributed by atoms with Crippen LogP contribution in [0.5, 0.6) is 0 Å². The van der Waals surface area contributed by atoms with Gasteiger partial charge in [0.25, 0.3) is 0 Å². The number of methoxy groups -OCH3 is 1. The number of hydrogen-bond acceptors (Lipinski definition) is 3. The van der Waals surface area contributed by atoms with Crippen molar-refractivity contribution in [3.8, 4) is 0 Å². The van der Waals surface area contributed by atoms with Crippen LogP contribution < -0.4 is 5.32 Å². The quantitative estimate of drug-likeness (QED) is 0.670. The van der Waals surface area contributed by atoms with Crippen molar-refractivity contribution in [2.75, 3.05) is 33.3 Å². The molecule has 0 aromatic carbocycles. The lowest BCUT2D eigenvalue weighted by Gasteiger charge is -2.19. The molecule has 2 rings (SSSR count). The van der Waals surface area contributed by atoms with Crippen molar-refractivity contribution in [1.82, 2.24) is 10.2 Å². The molecule has 0 spiro atoms. The van der Waals surface area contributed by atoms with Gasteiger partial charge in [0.2, 0.25) is 5.91 Å². The Hall–Kier alpha value is -0.610. The van der Waals surface area contributed by atoms with Crippen molar-refractivity contribution in [1.29, 1.82) is 0 Å². The maximum absolute atomic E-state index is 11.9. The van der Waals surface area contributed by atoms with Crippen LogP contribution in [0.1, 0.15) is 12.8 Å². The summed E-state index contributed by atoms with van der Waals surface area (Å²) in [7, 11) is 1.72. The van der Waals surface area contributed by atoms with Crippen molar-refractivity contribution in [3.63, 3.8) is 0 Å². The van der Waals surface area contributed by atoms with Crippen LogP contribution in [0.15, 0.2) is 0 Å². The summed E-state index contributed by atoms with van der Waals surface area (Å²) < 4.78 is 5.24. The average molecular weight is 198 g/mol. The second-order valence-corrected chi connectivity index (χ2v) is 4.12. The van der Waals surface area contributed by atoms with Crippen molar-refractivity contribution < 1.29 is 9.53 Å². The molecule has 0 bridgehead atoms. The maximum Gasteiger partial charge on any atom is 0.227 e. The van der Waals surface area contributed by atoms with Gasteiger partial charge in [-0.05, 0) is 19.4 Å². The number of carbonyl (C=O) groups is 1. The molecule has 80 valence electrons. The molecule has 2 saturated heterocycles. The van der Waals surface area contributed by atoms with Crippen LogP contribution in [0.4, 0.5) is 0 Å². The normalized spacial score (nSPS) is 32.5. The van der Waals surface area contributed by atoms with Crippen LogP contribution in [0.25, 0.3) is 0 Å². The van der Waals surface area contributed by atoms with Crippen LogP contribution >= 0.6 is 0 Å². The highest BCUT2D eigenvalue weighted by atomic mass is 16.5. The molecule has 2 aliphatic rings. The van der Waals surface area contributed by atoms with Crippen molar-refractivity contribution >= 4 is 5.91 Å². The number of nitrogens with one attached hydrogen (secondary N) is 1. The van der Waals surface area contributed by atoms with Gasteiger partial charge in [-0.2, -0.15) is 0 Å². The molecule has 0 radical (unpaired) electrons. The molecule has 2 heterocycles. The summed E-state index contributed by atoms with van der Waals surface area (Å²) >= 11 is 0. The maximum atomic E-state index is 11.9. The molecule has 0 aromatic rings. The highest BCUT2D eigenvalue weighted by Gasteiger charge is 2.31. The summed E-state index contributed by atoms with van der Waals surface area (Å²) in [5, 5.41) is 3.22. The number of amides is 1. The molecule has 4 heteroatoms. The van der Waals surface area contributed by atoms with Gasteiger partial charge in [0.05, 0.1) is 12.0 Å². The Morgan fingerprint density at radius 3 is 2.93 bits per heavy atom. The Kier molecular flexibility index (Phi) is 3.03. The largest absolute Gasteiger partial charge is 0.380 e. The lowest BCUT2D eigenvalue weighted by Crippen LogP contribution is -2.36. The number of rotatable bonds is 2. The molecule has 14 heavy (non-hydrogen) atoms. The molecule has 1 N–H and O–H groups in total. The standard InChI is InChI=1S/C10H18N2O2/c1-14-9-3-5-12(7-9)10(13)8-2-4-11-6-8/h8-9,11H,2-7H2,1H3/t8-,9+/m1/s1. The van der Waals surface area contributed by atoms with Crippen molar-refractivity contribution in [3.05, 3.63) is 0 Å². The zero-order valence-corrected chi connectivity index (χ0v) is 8.66. The van der Waals surface area contributed by atoms with Gasteiger partial charge in [0, 0.05) is 26.7 Å². The first-order valence-electron chi connectivity index (χ1n) is 5.33. The molecule has 4 nitrogen and oxygen atoms in total. The molecule has 0 aromatic heterocycles. The van der Waals surface area contributed by atoms with E-state index in [2.05, 4.69) is 5.32 Å². The highest BCUT2D eigenvalue weighted by molar-refractivity contribution is 5.79. The van der Waals surface area contributed by atoms with Crippen molar-refractivity contribution in [2.45, 2.75) is 18.9 Å². The summed E-state index contributed by atoms with van der Waals surface area (Å²) in [6.07, 6.45) is 2.24. The van der Waals surface area contributed by atoms with Crippen LogP contribution in [-0.2, 0) is 9.53 Å². The van der Waals surface area contributed by atoms with Gasteiger partial charge >= 0.3 is 0 Å². The van der Waals surface area contributed by atoms with Gasteiger partial charge in [-0.15, -0.1) is 0 Å². The lowest BCUT2D eigenvalue weighted by molar-refractivity contribution is -0.134. The van der Waals surface area contributed by atoms with Crippen LogP contribution in [0.3, 0.4) is 0 Å². The van der Waals surface area contributed by atoms with E-state index in [9.17, 15) is 4.79 Å². The van der Waals surface area contributed by atoms with E-state index in [4.69, 9.17) is 4.74 Å². The lowest BCUT2D eigenvalue weighted by atomic mass is 10.1. The summed E-state index contributed by atoms with van der Waals surface area (Å²) in [5.41, 5.74) is 0. The third kappa shape index (κ3) is 1.91. The smallest absolute Gasteiger partial charge is 0.227 e. The van der Waals surface area contributed by atoms with Gasteiger partial charge in [-0.25, -0.2) is 0 Å². The minimum absolute atomic E-state index is 0.214. The van der Waals surface area contributed by atoms with Gasteiger partial charge < -0.3 is 15.0 Å². The van der Waals surface area contributed by atoms with Crippen LogP contribution in [0, 0.1) is 5.92 Å². The number of ether oxygens (including phenoxy) is 1. The van der Waals surface area contributed by atoms with Gasteiger partial charge in [-0.3, -0.25) is 4.79 Å². The Morgan fingerprint density at radius 1 is 1.50 bits per heavy atom. The average Bonchev–Trinajstić information content (AvgIpc) is 2.88. The fraction of sp³-hybridized carbons (Fsp3) is 0.900. The van der Waals surface area contributed by atoms with E-state index in [1.807, 2.05) is 4.90 Å². The molecule has 2 atom stereocenters. The van der Waals surface area contributed by atoms with Crippen molar-refractivity contribution in [2.24, 2.45) is 5.92 Å². The molecule has 0 unspecified atom stereocenters. The van der Waals surface area contributed by atoms with E-state index >= 15 is 0 Å². The number of hydrogen-bond donors (Lipinski definition) is 1. The first kappa shape index (κ1) is 9.93. The zero-order valence-electron chi connectivity index (χ0n) is 8.66. The molecule has 1 amide bonds. The summed E-state index contributed by atoms with van der Waals surface area (Å²) in [6, 6.07) is 0. The SMILES string of the molecule is CO[C@H]1CCN(C(=O)[C@@H]2CCNC2)C1. The Balaban J connectivity index is 1.86. The number of carbonyl (C=O) groups excluding carboxylic acids is 1. The topological polar surface area (TPSA) is 41.6 Å². The van der Waals surface area contributed by atoms with Gasteiger partial charge in [0.15, 0.2) is 0 Å². The Morgan fingerprint density at radius 2 is 2.36 bits per heavy atom. The number of likely N-dealkylation sites (tertiary alicyclic amines) is 1. The second kappa shape index (κ2) is 4.28. The molecular weight excluding hydrogens is 180 g/mol. The first-order valence-corrected chi connectivity index (χ1v) is 5.33. The third-order valence-corrected chi connectivity index (χ3v) is 3.20. The second-order valence-electron chi connectivity index (χ2n) is 4.12. The molecule has 2 fully saturated rings. The zero-order chi connectivity index (χ0) is 9.97. The Labute approximate surface area is 84.6 Å². The molecule has 0 aliphatic carbocycles. The third-order valence-electron chi connectivity index (χ3n) is 3.20. The summed E-state index contributed by atoms with van der Waals surface area (Å²) in [4.78, 5) is 13.9. The predicted octanol–water partition coefficient (Wildman–Crippen LogP) is -0.157. The highest BCUT2D eigenvalue weighted by Crippen LogP contribution is 2.18. The molecule has 0 saturated carbocycles. The number of nitrogens with zero attached hydrogens (tertiary/aromatic N) is 1.